The molecule has 2 N–H and O–H groups in total. The van der Waals surface area contributed by atoms with E-state index < -0.39 is 0 Å². The Morgan fingerprint density at radius 1 is 1.35 bits per heavy atom. The maximum Gasteiger partial charge on any atom is 0.257 e. The van der Waals surface area contributed by atoms with E-state index in [2.05, 4.69) is 15.6 Å². The smallest absolute Gasteiger partial charge is 0.257 e. The minimum Gasteiger partial charge on any atom is -0.373 e. The monoisotopic (exact) mass is 293 g/mol. The molecule has 4 nitrogen and oxygen atoms in total. The van der Waals surface area contributed by atoms with Gasteiger partial charge in [0.1, 0.15) is 11.6 Å². The molecule has 0 radical (unpaired) electrons. The molecule has 0 aliphatic heterocycles. The molecular weight excluding hydrogens is 281 g/mol. The lowest BCUT2D eigenvalue weighted by molar-refractivity contribution is 0.102. The summed E-state index contributed by atoms with van der Waals surface area (Å²) < 4.78 is 13.0. The Hall–Kier alpha value is -2.14. The summed E-state index contributed by atoms with van der Waals surface area (Å²) in [5.74, 6) is -0.182. The highest BCUT2D eigenvalue weighted by atomic mass is 35.5. The second-order valence-electron chi connectivity index (χ2n) is 4.21. The molecule has 0 spiro atoms. The first kappa shape index (κ1) is 14.3. The Morgan fingerprint density at radius 2 is 2.10 bits per heavy atom. The number of aromatic nitrogens is 1. The molecule has 1 amide bonds. The summed E-state index contributed by atoms with van der Waals surface area (Å²) in [4.78, 5) is 16.2. The molecular formula is C14H13ClFN3O. The summed E-state index contributed by atoms with van der Waals surface area (Å²) in [5.41, 5.74) is 1.47. The van der Waals surface area contributed by atoms with Crippen LogP contribution in [0.3, 0.4) is 0 Å². The molecule has 0 aliphatic carbocycles. The van der Waals surface area contributed by atoms with Gasteiger partial charge in [-0.25, -0.2) is 9.37 Å². The number of nitrogens with zero attached hydrogens (tertiary/aromatic N) is 1. The molecule has 0 aliphatic rings. The normalized spacial score (nSPS) is 10.2. The number of benzene rings is 1. The highest BCUT2D eigenvalue weighted by molar-refractivity contribution is 6.34. The molecule has 0 saturated heterocycles. The van der Waals surface area contributed by atoms with Gasteiger partial charge >= 0.3 is 0 Å². The molecule has 1 heterocycles. The lowest BCUT2D eigenvalue weighted by Gasteiger charge is -2.10. The first-order valence-electron chi connectivity index (χ1n) is 5.92. The number of halogens is 2. The van der Waals surface area contributed by atoms with Crippen LogP contribution in [0.15, 0.2) is 30.5 Å². The largest absolute Gasteiger partial charge is 0.373 e. The average molecular weight is 294 g/mol. The topological polar surface area (TPSA) is 54.0 Å². The van der Waals surface area contributed by atoms with Crippen LogP contribution in [0.1, 0.15) is 15.9 Å². The lowest BCUT2D eigenvalue weighted by atomic mass is 10.1. The van der Waals surface area contributed by atoms with Crippen molar-refractivity contribution in [2.75, 3.05) is 17.7 Å². The Morgan fingerprint density at radius 3 is 2.75 bits per heavy atom. The van der Waals surface area contributed by atoms with Crippen molar-refractivity contribution in [1.29, 1.82) is 0 Å². The fourth-order valence-corrected chi connectivity index (χ4v) is 1.90. The van der Waals surface area contributed by atoms with E-state index in [1.165, 1.54) is 24.4 Å². The standard InChI is InChI=1S/C14H13ClFN3O/c1-8-5-9(16)3-4-12(8)19-14(20)10-6-13(17-2)18-7-11(10)15/h3-7H,1-2H3,(H,17,18)(H,19,20). The van der Waals surface area contributed by atoms with Crippen LogP contribution in [0.5, 0.6) is 0 Å². The molecule has 0 bridgehead atoms. The van der Waals surface area contributed by atoms with Crippen molar-refractivity contribution >= 4 is 29.0 Å². The van der Waals surface area contributed by atoms with Crippen LogP contribution < -0.4 is 10.6 Å². The third-order valence-electron chi connectivity index (χ3n) is 2.79. The van der Waals surface area contributed by atoms with Gasteiger partial charge in [-0.1, -0.05) is 11.6 Å². The first-order chi connectivity index (χ1) is 9.51. The highest BCUT2D eigenvalue weighted by Crippen LogP contribution is 2.21. The number of pyridine rings is 1. The minimum atomic E-state index is -0.372. The zero-order chi connectivity index (χ0) is 14.7. The van der Waals surface area contributed by atoms with Crippen molar-refractivity contribution in [1.82, 2.24) is 4.98 Å². The van der Waals surface area contributed by atoms with Gasteiger partial charge in [0.2, 0.25) is 0 Å². The van der Waals surface area contributed by atoms with Crippen LogP contribution >= 0.6 is 11.6 Å². The molecule has 2 rings (SSSR count). The van der Waals surface area contributed by atoms with Crippen molar-refractivity contribution in [2.45, 2.75) is 6.92 Å². The van der Waals surface area contributed by atoms with Gasteiger partial charge in [0.05, 0.1) is 10.6 Å². The van der Waals surface area contributed by atoms with Gasteiger partial charge in [0.25, 0.3) is 5.91 Å². The Labute approximate surface area is 121 Å². The lowest BCUT2D eigenvalue weighted by Crippen LogP contribution is -2.14. The molecule has 2 aromatic rings. The maximum atomic E-state index is 13.0. The minimum absolute atomic E-state index is 0.251. The summed E-state index contributed by atoms with van der Waals surface area (Å²) in [5, 5.41) is 5.78. The number of nitrogens with one attached hydrogen (secondary N) is 2. The number of carbonyl (C=O) groups excluding carboxylic acids is 1. The van der Waals surface area contributed by atoms with E-state index in [4.69, 9.17) is 11.6 Å². The molecule has 0 fully saturated rings. The molecule has 20 heavy (non-hydrogen) atoms. The second kappa shape index (κ2) is 5.88. The molecule has 104 valence electrons. The summed E-state index contributed by atoms with van der Waals surface area (Å²) in [7, 11) is 1.70. The average Bonchev–Trinajstić information content (AvgIpc) is 2.42. The van der Waals surface area contributed by atoms with Gasteiger partial charge < -0.3 is 10.6 Å². The van der Waals surface area contributed by atoms with E-state index in [9.17, 15) is 9.18 Å². The molecule has 0 saturated carbocycles. The van der Waals surface area contributed by atoms with Crippen molar-refractivity contribution in [3.05, 3.63) is 52.4 Å². The van der Waals surface area contributed by atoms with Gasteiger partial charge in [0, 0.05) is 18.9 Å². The molecule has 1 aromatic carbocycles. The van der Waals surface area contributed by atoms with Crippen LogP contribution in [0.2, 0.25) is 5.02 Å². The van der Waals surface area contributed by atoms with E-state index in [-0.39, 0.29) is 16.7 Å². The Kier molecular flexibility index (Phi) is 4.20. The van der Waals surface area contributed by atoms with Gasteiger partial charge in [-0.3, -0.25) is 4.79 Å². The van der Waals surface area contributed by atoms with Gasteiger partial charge in [-0.05, 0) is 36.8 Å². The van der Waals surface area contributed by atoms with Crippen molar-refractivity contribution in [2.24, 2.45) is 0 Å². The van der Waals surface area contributed by atoms with Gasteiger partial charge in [-0.2, -0.15) is 0 Å². The van der Waals surface area contributed by atoms with Crippen LogP contribution in [-0.4, -0.2) is 17.9 Å². The SMILES string of the molecule is CNc1cc(C(=O)Nc2ccc(F)cc2C)c(Cl)cn1. The van der Waals surface area contributed by atoms with E-state index in [0.717, 1.165) is 0 Å². The summed E-state index contributed by atoms with van der Waals surface area (Å²) >= 11 is 5.97. The van der Waals surface area contributed by atoms with Crippen LogP contribution in [-0.2, 0) is 0 Å². The van der Waals surface area contributed by atoms with Crippen LogP contribution in [0, 0.1) is 12.7 Å². The number of aryl methyl sites for hydroxylation is 1. The van der Waals surface area contributed by atoms with Crippen LogP contribution in [0.4, 0.5) is 15.9 Å². The molecule has 0 atom stereocenters. The summed E-state index contributed by atoms with van der Waals surface area (Å²) in [6.07, 6.45) is 1.40. The van der Waals surface area contributed by atoms with Gasteiger partial charge in [0.15, 0.2) is 0 Å². The predicted molar refractivity (Wildman–Crippen MR) is 77.9 cm³/mol. The molecule has 0 unspecified atom stereocenters. The number of hydrogen-bond donors (Lipinski definition) is 2. The zero-order valence-corrected chi connectivity index (χ0v) is 11.8. The Balaban J connectivity index is 2.28. The van der Waals surface area contributed by atoms with E-state index >= 15 is 0 Å². The first-order valence-corrected chi connectivity index (χ1v) is 6.30. The number of anilines is 2. The maximum absolute atomic E-state index is 13.0. The Bertz CT molecular complexity index is 661. The molecule has 1 aromatic heterocycles. The summed E-state index contributed by atoms with van der Waals surface area (Å²) in [6, 6.07) is 5.70. The quantitative estimate of drug-likeness (QED) is 0.911. The molecule has 6 heteroatoms. The summed E-state index contributed by atoms with van der Waals surface area (Å²) in [6.45, 7) is 1.71. The van der Waals surface area contributed by atoms with Crippen LogP contribution in [0.25, 0.3) is 0 Å². The van der Waals surface area contributed by atoms with E-state index in [1.807, 2.05) is 0 Å². The van der Waals surface area contributed by atoms with Gasteiger partial charge in [-0.15, -0.1) is 0 Å². The van der Waals surface area contributed by atoms with E-state index in [0.29, 0.717) is 22.6 Å². The number of rotatable bonds is 3. The van der Waals surface area contributed by atoms with Crippen molar-refractivity contribution in [3.8, 4) is 0 Å². The third kappa shape index (κ3) is 3.05. The zero-order valence-electron chi connectivity index (χ0n) is 11.0. The van der Waals surface area contributed by atoms with E-state index in [1.54, 1.807) is 20.0 Å². The predicted octanol–water partition coefficient (Wildman–Crippen LogP) is 3.48. The van der Waals surface area contributed by atoms with Crippen molar-refractivity contribution in [3.63, 3.8) is 0 Å². The van der Waals surface area contributed by atoms with Crippen molar-refractivity contribution < 1.29 is 9.18 Å². The number of carbonyl (C=O) groups is 1. The fourth-order valence-electron chi connectivity index (χ4n) is 1.71. The number of amides is 1. The highest BCUT2D eigenvalue weighted by Gasteiger charge is 2.13. The fraction of sp³-hybridized carbons (Fsp3) is 0.143. The second-order valence-corrected chi connectivity index (χ2v) is 4.62. The third-order valence-corrected chi connectivity index (χ3v) is 3.09. The number of hydrogen-bond acceptors (Lipinski definition) is 3.